The lowest BCUT2D eigenvalue weighted by atomic mass is 9.99. The number of methoxy groups -OCH3 is 2. The number of alkyl halides is 3. The molecule has 0 aliphatic carbocycles. The monoisotopic (exact) mass is 518 g/mol. The number of rotatable bonds is 4. The highest BCUT2D eigenvalue weighted by atomic mass is 19.4. The molecule has 37 heavy (non-hydrogen) atoms. The molecule has 11 heteroatoms. The van der Waals surface area contributed by atoms with Gasteiger partial charge in [-0.2, -0.15) is 18.3 Å². The molecule has 1 amide bonds. The molecule has 1 atom stereocenters. The average molecular weight is 519 g/mol. The van der Waals surface area contributed by atoms with Crippen LogP contribution in [0.3, 0.4) is 0 Å². The van der Waals surface area contributed by atoms with Gasteiger partial charge in [-0.15, -0.1) is 0 Å². The fourth-order valence-corrected chi connectivity index (χ4v) is 4.16. The highest BCUT2D eigenvalue weighted by Crippen LogP contribution is 2.36. The van der Waals surface area contributed by atoms with Crippen molar-refractivity contribution in [3.63, 3.8) is 0 Å². The van der Waals surface area contributed by atoms with Gasteiger partial charge in [0, 0.05) is 24.2 Å². The SMILES string of the molecule is COc1ccc(-c2cc(C(F)(F)F)n3nc(C4=CCN(C(=O)OC(C)(C)C)C(C)C4)cc3n2)cc1OC. The van der Waals surface area contributed by atoms with Crippen LogP contribution in [0.2, 0.25) is 0 Å². The molecule has 0 bridgehead atoms. The summed E-state index contributed by atoms with van der Waals surface area (Å²) in [5, 5.41) is 4.25. The normalized spacial score (nSPS) is 16.5. The Morgan fingerprint density at radius 1 is 1.03 bits per heavy atom. The highest BCUT2D eigenvalue weighted by molar-refractivity contribution is 5.74. The van der Waals surface area contributed by atoms with Gasteiger partial charge >= 0.3 is 12.3 Å². The van der Waals surface area contributed by atoms with Gasteiger partial charge in [0.15, 0.2) is 22.8 Å². The Hall–Kier alpha value is -3.76. The summed E-state index contributed by atoms with van der Waals surface area (Å²) in [6.45, 7) is 7.49. The first-order chi connectivity index (χ1) is 17.3. The number of halogens is 3. The molecular weight excluding hydrogens is 489 g/mol. The molecule has 8 nitrogen and oxygen atoms in total. The first-order valence-electron chi connectivity index (χ1n) is 11.7. The van der Waals surface area contributed by atoms with Crippen molar-refractivity contribution in [1.82, 2.24) is 19.5 Å². The van der Waals surface area contributed by atoms with Gasteiger partial charge in [0.05, 0.1) is 25.6 Å². The van der Waals surface area contributed by atoms with Crippen LogP contribution >= 0.6 is 0 Å². The van der Waals surface area contributed by atoms with Crippen LogP contribution in [0.1, 0.15) is 45.5 Å². The Morgan fingerprint density at radius 2 is 1.73 bits per heavy atom. The Kier molecular flexibility index (Phi) is 6.83. The van der Waals surface area contributed by atoms with E-state index in [0.29, 0.717) is 29.2 Å². The van der Waals surface area contributed by atoms with E-state index in [1.165, 1.54) is 20.3 Å². The molecule has 1 aliphatic heterocycles. The fraction of sp³-hybridized carbons (Fsp3) is 0.423. The summed E-state index contributed by atoms with van der Waals surface area (Å²) in [6.07, 6.45) is -2.91. The van der Waals surface area contributed by atoms with Gasteiger partial charge in [-0.1, -0.05) is 6.08 Å². The Bertz CT molecular complexity index is 1360. The number of amides is 1. The zero-order valence-corrected chi connectivity index (χ0v) is 21.5. The lowest BCUT2D eigenvalue weighted by molar-refractivity contribution is -0.142. The third-order valence-electron chi connectivity index (χ3n) is 5.94. The van der Waals surface area contributed by atoms with E-state index < -0.39 is 23.6 Å². The molecule has 0 fully saturated rings. The number of carbonyl (C=O) groups is 1. The standard InChI is InChI=1S/C26H29F3N4O4/c1-15-11-17(9-10-32(15)24(34)37-25(2,3)4)19-14-23-30-18(13-22(26(27,28)29)33(23)31-19)16-7-8-20(35-5)21(12-16)36-6/h7-9,12-15H,10-11H2,1-6H3. The third-order valence-corrected chi connectivity index (χ3v) is 5.94. The van der Waals surface area contributed by atoms with E-state index >= 15 is 0 Å². The van der Waals surface area contributed by atoms with E-state index in [1.54, 1.807) is 49.9 Å². The lowest BCUT2D eigenvalue weighted by Gasteiger charge is -2.34. The number of fused-ring (bicyclic) bond motifs is 1. The van der Waals surface area contributed by atoms with Crippen LogP contribution in [0.25, 0.3) is 22.5 Å². The molecule has 3 heterocycles. The zero-order valence-electron chi connectivity index (χ0n) is 21.5. The second kappa shape index (κ2) is 9.60. The zero-order chi connectivity index (χ0) is 27.1. The van der Waals surface area contributed by atoms with Crippen molar-refractivity contribution in [3.05, 3.63) is 47.8 Å². The minimum Gasteiger partial charge on any atom is -0.493 e. The van der Waals surface area contributed by atoms with Gasteiger partial charge in [0.1, 0.15) is 5.60 Å². The molecule has 0 N–H and O–H groups in total. The van der Waals surface area contributed by atoms with E-state index in [2.05, 4.69) is 10.1 Å². The number of hydrogen-bond donors (Lipinski definition) is 0. The van der Waals surface area contributed by atoms with E-state index in [4.69, 9.17) is 14.2 Å². The van der Waals surface area contributed by atoms with Crippen LogP contribution in [-0.4, -0.2) is 58.0 Å². The molecule has 0 saturated carbocycles. The molecular formula is C26H29F3N4O4. The van der Waals surface area contributed by atoms with Crippen molar-refractivity contribution in [3.8, 4) is 22.8 Å². The summed E-state index contributed by atoms with van der Waals surface area (Å²) in [6, 6.07) is 7.07. The Labute approximate surface area is 212 Å². The van der Waals surface area contributed by atoms with Crippen LogP contribution in [0, 0.1) is 0 Å². The van der Waals surface area contributed by atoms with Gasteiger partial charge in [0.2, 0.25) is 0 Å². The second-order valence-electron chi connectivity index (χ2n) is 9.81. The van der Waals surface area contributed by atoms with Crippen LogP contribution < -0.4 is 9.47 Å². The number of ether oxygens (including phenoxy) is 3. The van der Waals surface area contributed by atoms with Gasteiger partial charge in [-0.05, 0) is 64.0 Å². The summed E-state index contributed by atoms with van der Waals surface area (Å²) < 4.78 is 59.0. The molecule has 1 aromatic carbocycles. The summed E-state index contributed by atoms with van der Waals surface area (Å²) in [5.74, 6) is 0.828. The summed E-state index contributed by atoms with van der Waals surface area (Å²) in [5.41, 5.74) is 0.136. The molecule has 198 valence electrons. The van der Waals surface area contributed by atoms with E-state index in [9.17, 15) is 18.0 Å². The van der Waals surface area contributed by atoms with Crippen molar-refractivity contribution < 1.29 is 32.2 Å². The number of aromatic nitrogens is 3. The first-order valence-corrected chi connectivity index (χ1v) is 11.7. The molecule has 4 rings (SSSR count). The van der Waals surface area contributed by atoms with E-state index in [1.807, 2.05) is 6.92 Å². The van der Waals surface area contributed by atoms with Crippen LogP contribution in [0.15, 0.2) is 36.4 Å². The highest BCUT2D eigenvalue weighted by Gasteiger charge is 2.36. The lowest BCUT2D eigenvalue weighted by Crippen LogP contribution is -2.44. The first kappa shape index (κ1) is 26.3. The van der Waals surface area contributed by atoms with Crippen molar-refractivity contribution in [2.45, 2.75) is 51.9 Å². The third kappa shape index (κ3) is 5.50. The van der Waals surface area contributed by atoms with Crippen LogP contribution in [0.5, 0.6) is 11.5 Å². The summed E-state index contributed by atoms with van der Waals surface area (Å²) in [4.78, 5) is 18.6. The molecule has 2 aromatic heterocycles. The molecule has 0 radical (unpaired) electrons. The van der Waals surface area contributed by atoms with Crippen LogP contribution in [0.4, 0.5) is 18.0 Å². The topological polar surface area (TPSA) is 78.2 Å². The smallest absolute Gasteiger partial charge is 0.433 e. The molecule has 0 spiro atoms. The molecule has 1 aliphatic rings. The number of benzene rings is 1. The second-order valence-corrected chi connectivity index (χ2v) is 9.81. The van der Waals surface area contributed by atoms with Crippen molar-refractivity contribution in [2.75, 3.05) is 20.8 Å². The average Bonchev–Trinajstić information content (AvgIpc) is 3.25. The van der Waals surface area contributed by atoms with Gasteiger partial charge in [-0.25, -0.2) is 14.3 Å². The minimum absolute atomic E-state index is 0.0535. The minimum atomic E-state index is -4.67. The van der Waals surface area contributed by atoms with E-state index in [-0.39, 0.29) is 23.9 Å². The maximum atomic E-state index is 14.1. The van der Waals surface area contributed by atoms with Gasteiger partial charge < -0.3 is 19.1 Å². The summed E-state index contributed by atoms with van der Waals surface area (Å²) >= 11 is 0. The van der Waals surface area contributed by atoms with Crippen molar-refractivity contribution in [2.24, 2.45) is 0 Å². The quantitative estimate of drug-likeness (QED) is 0.432. The van der Waals surface area contributed by atoms with Gasteiger partial charge in [-0.3, -0.25) is 0 Å². The predicted molar refractivity (Wildman–Crippen MR) is 132 cm³/mol. The van der Waals surface area contributed by atoms with Crippen LogP contribution in [-0.2, 0) is 10.9 Å². The fourth-order valence-electron chi connectivity index (χ4n) is 4.16. The number of carbonyl (C=O) groups excluding carboxylic acids is 1. The predicted octanol–water partition coefficient (Wildman–Crippen LogP) is 5.85. The Balaban J connectivity index is 1.73. The van der Waals surface area contributed by atoms with Crippen molar-refractivity contribution >= 4 is 17.3 Å². The number of nitrogens with zero attached hydrogens (tertiary/aromatic N) is 4. The molecule has 1 unspecified atom stereocenters. The largest absolute Gasteiger partial charge is 0.493 e. The van der Waals surface area contributed by atoms with E-state index in [0.717, 1.165) is 16.2 Å². The molecule has 3 aromatic rings. The Morgan fingerprint density at radius 3 is 2.32 bits per heavy atom. The number of hydrogen-bond acceptors (Lipinski definition) is 6. The molecule has 0 saturated heterocycles. The maximum absolute atomic E-state index is 14.1. The maximum Gasteiger partial charge on any atom is 0.433 e. The van der Waals surface area contributed by atoms with Gasteiger partial charge in [0.25, 0.3) is 0 Å². The van der Waals surface area contributed by atoms with Crippen molar-refractivity contribution in [1.29, 1.82) is 0 Å². The summed E-state index contributed by atoms with van der Waals surface area (Å²) in [7, 11) is 2.93.